The molecule has 0 heterocycles. The Bertz CT molecular complexity index is 234. The van der Waals surface area contributed by atoms with Gasteiger partial charge in [0.2, 0.25) is 5.91 Å². The van der Waals surface area contributed by atoms with Crippen molar-refractivity contribution >= 4 is 5.91 Å². The standard InChI is InChI=1S/C14H28N2O/c1-4-10(3)13(15)14(17)16-12-8-6-11(5-2)7-9-12/h10-13H,4-9,15H2,1-3H3,(H,16,17)/t10?,11?,12?,13-/m0/s1. The quantitative estimate of drug-likeness (QED) is 0.775. The molecule has 1 rings (SSSR count). The number of hydrogen-bond donors (Lipinski definition) is 2. The van der Waals surface area contributed by atoms with Crippen molar-refractivity contribution in [1.82, 2.24) is 5.32 Å². The summed E-state index contributed by atoms with van der Waals surface area (Å²) in [5.41, 5.74) is 5.93. The Labute approximate surface area is 106 Å². The zero-order valence-electron chi connectivity index (χ0n) is 11.5. The second-order valence-corrected chi connectivity index (χ2v) is 5.55. The summed E-state index contributed by atoms with van der Waals surface area (Å²) in [5, 5.41) is 3.11. The lowest BCUT2D eigenvalue weighted by Crippen LogP contribution is -2.49. The van der Waals surface area contributed by atoms with Crippen LogP contribution in [0.4, 0.5) is 0 Å². The van der Waals surface area contributed by atoms with Gasteiger partial charge in [-0.05, 0) is 37.5 Å². The highest BCUT2D eigenvalue weighted by Crippen LogP contribution is 2.26. The maximum Gasteiger partial charge on any atom is 0.237 e. The van der Waals surface area contributed by atoms with Crippen LogP contribution < -0.4 is 11.1 Å². The summed E-state index contributed by atoms with van der Waals surface area (Å²) >= 11 is 0. The highest BCUT2D eigenvalue weighted by molar-refractivity contribution is 5.82. The Morgan fingerprint density at radius 3 is 2.35 bits per heavy atom. The van der Waals surface area contributed by atoms with E-state index in [1.165, 1.54) is 19.3 Å². The Balaban J connectivity index is 2.32. The van der Waals surface area contributed by atoms with E-state index in [2.05, 4.69) is 19.2 Å². The summed E-state index contributed by atoms with van der Waals surface area (Å²) < 4.78 is 0. The molecule has 1 saturated carbocycles. The van der Waals surface area contributed by atoms with Gasteiger partial charge in [0.25, 0.3) is 0 Å². The second-order valence-electron chi connectivity index (χ2n) is 5.55. The molecule has 0 aromatic rings. The van der Waals surface area contributed by atoms with Crippen LogP contribution in [-0.2, 0) is 4.79 Å². The molecule has 0 spiro atoms. The van der Waals surface area contributed by atoms with Gasteiger partial charge in [0.15, 0.2) is 0 Å². The van der Waals surface area contributed by atoms with E-state index in [1.807, 2.05) is 6.92 Å². The van der Waals surface area contributed by atoms with Crippen LogP contribution >= 0.6 is 0 Å². The molecule has 1 fully saturated rings. The fraction of sp³-hybridized carbons (Fsp3) is 0.929. The molecule has 3 N–H and O–H groups in total. The van der Waals surface area contributed by atoms with Crippen LogP contribution in [0.1, 0.15) is 59.3 Å². The first-order chi connectivity index (χ1) is 8.08. The SMILES string of the molecule is CCC1CCC(NC(=O)[C@@H](N)C(C)CC)CC1. The van der Waals surface area contributed by atoms with Crippen molar-refractivity contribution in [3.05, 3.63) is 0 Å². The van der Waals surface area contributed by atoms with Gasteiger partial charge in [0.1, 0.15) is 0 Å². The van der Waals surface area contributed by atoms with Gasteiger partial charge in [0, 0.05) is 6.04 Å². The lowest BCUT2D eigenvalue weighted by Gasteiger charge is -2.30. The van der Waals surface area contributed by atoms with Crippen molar-refractivity contribution in [2.24, 2.45) is 17.6 Å². The summed E-state index contributed by atoms with van der Waals surface area (Å²) in [6, 6.07) is 0.0179. The number of nitrogens with two attached hydrogens (primary N) is 1. The van der Waals surface area contributed by atoms with Crippen LogP contribution in [0.3, 0.4) is 0 Å². The Morgan fingerprint density at radius 2 is 1.88 bits per heavy atom. The van der Waals surface area contributed by atoms with E-state index in [0.717, 1.165) is 25.2 Å². The average Bonchev–Trinajstić information content (AvgIpc) is 2.37. The molecule has 2 atom stereocenters. The third-order valence-electron chi connectivity index (χ3n) is 4.33. The highest BCUT2D eigenvalue weighted by atomic mass is 16.2. The van der Waals surface area contributed by atoms with Crippen molar-refractivity contribution in [2.45, 2.75) is 71.4 Å². The van der Waals surface area contributed by atoms with Crippen LogP contribution in [0.25, 0.3) is 0 Å². The largest absolute Gasteiger partial charge is 0.352 e. The van der Waals surface area contributed by atoms with Crippen LogP contribution in [-0.4, -0.2) is 18.0 Å². The van der Waals surface area contributed by atoms with Crippen LogP contribution in [0.2, 0.25) is 0 Å². The number of amides is 1. The van der Waals surface area contributed by atoms with E-state index in [9.17, 15) is 4.79 Å². The fourth-order valence-electron chi connectivity index (χ4n) is 2.52. The molecule has 0 bridgehead atoms. The zero-order chi connectivity index (χ0) is 12.8. The Morgan fingerprint density at radius 1 is 1.29 bits per heavy atom. The maximum absolute atomic E-state index is 11.9. The molecule has 0 aliphatic heterocycles. The summed E-state index contributed by atoms with van der Waals surface area (Å²) in [6.07, 6.45) is 6.97. The average molecular weight is 240 g/mol. The highest BCUT2D eigenvalue weighted by Gasteiger charge is 2.25. The van der Waals surface area contributed by atoms with E-state index in [-0.39, 0.29) is 17.9 Å². The molecule has 1 aliphatic rings. The van der Waals surface area contributed by atoms with Gasteiger partial charge in [-0.1, -0.05) is 33.6 Å². The molecule has 0 aromatic carbocycles. The van der Waals surface area contributed by atoms with E-state index >= 15 is 0 Å². The predicted octanol–water partition coefficient (Wildman–Crippen LogP) is 2.44. The van der Waals surface area contributed by atoms with Crippen LogP contribution in [0, 0.1) is 11.8 Å². The van der Waals surface area contributed by atoms with Gasteiger partial charge < -0.3 is 11.1 Å². The first-order valence-electron chi connectivity index (χ1n) is 7.14. The monoisotopic (exact) mass is 240 g/mol. The van der Waals surface area contributed by atoms with Crippen molar-refractivity contribution in [2.75, 3.05) is 0 Å². The molecular weight excluding hydrogens is 212 g/mol. The summed E-state index contributed by atoms with van der Waals surface area (Å²) in [6.45, 7) is 6.37. The lowest BCUT2D eigenvalue weighted by atomic mass is 9.84. The molecule has 0 radical (unpaired) electrons. The molecule has 0 aromatic heterocycles. The van der Waals surface area contributed by atoms with Crippen molar-refractivity contribution in [1.29, 1.82) is 0 Å². The Kier molecular flexibility index (Phi) is 5.96. The molecular formula is C14H28N2O. The third-order valence-corrected chi connectivity index (χ3v) is 4.33. The molecule has 3 nitrogen and oxygen atoms in total. The lowest BCUT2D eigenvalue weighted by molar-refractivity contribution is -0.124. The first-order valence-corrected chi connectivity index (χ1v) is 7.14. The van der Waals surface area contributed by atoms with Gasteiger partial charge in [0.05, 0.1) is 6.04 Å². The van der Waals surface area contributed by atoms with E-state index in [0.29, 0.717) is 6.04 Å². The van der Waals surface area contributed by atoms with Gasteiger partial charge >= 0.3 is 0 Å². The Hall–Kier alpha value is -0.570. The number of hydrogen-bond acceptors (Lipinski definition) is 2. The minimum Gasteiger partial charge on any atom is -0.352 e. The minimum atomic E-state index is -0.344. The normalized spacial score (nSPS) is 28.5. The minimum absolute atomic E-state index is 0.0410. The third kappa shape index (κ3) is 4.30. The molecule has 1 amide bonds. The molecule has 1 aliphatic carbocycles. The fourth-order valence-corrected chi connectivity index (χ4v) is 2.52. The first kappa shape index (κ1) is 14.5. The van der Waals surface area contributed by atoms with Gasteiger partial charge in [-0.15, -0.1) is 0 Å². The smallest absolute Gasteiger partial charge is 0.237 e. The zero-order valence-corrected chi connectivity index (χ0v) is 11.5. The number of nitrogens with one attached hydrogen (secondary N) is 1. The molecule has 1 unspecified atom stereocenters. The molecule has 100 valence electrons. The van der Waals surface area contributed by atoms with E-state index < -0.39 is 0 Å². The molecule has 17 heavy (non-hydrogen) atoms. The predicted molar refractivity (Wildman–Crippen MR) is 71.6 cm³/mol. The van der Waals surface area contributed by atoms with Gasteiger partial charge in [-0.2, -0.15) is 0 Å². The van der Waals surface area contributed by atoms with E-state index in [4.69, 9.17) is 5.73 Å². The van der Waals surface area contributed by atoms with Crippen molar-refractivity contribution in [3.63, 3.8) is 0 Å². The van der Waals surface area contributed by atoms with E-state index in [1.54, 1.807) is 0 Å². The van der Waals surface area contributed by atoms with Crippen molar-refractivity contribution in [3.8, 4) is 0 Å². The number of carbonyl (C=O) groups excluding carboxylic acids is 1. The molecule has 0 saturated heterocycles. The number of rotatable bonds is 5. The molecule has 3 heteroatoms. The number of carbonyl (C=O) groups is 1. The topological polar surface area (TPSA) is 55.1 Å². The van der Waals surface area contributed by atoms with Crippen LogP contribution in [0.5, 0.6) is 0 Å². The second kappa shape index (κ2) is 7.00. The van der Waals surface area contributed by atoms with Gasteiger partial charge in [-0.3, -0.25) is 4.79 Å². The summed E-state index contributed by atoms with van der Waals surface area (Å²) in [7, 11) is 0. The maximum atomic E-state index is 11.9. The van der Waals surface area contributed by atoms with Crippen molar-refractivity contribution < 1.29 is 4.79 Å². The summed E-state index contributed by atoms with van der Waals surface area (Å²) in [5.74, 6) is 1.17. The summed E-state index contributed by atoms with van der Waals surface area (Å²) in [4.78, 5) is 11.9. The van der Waals surface area contributed by atoms with Crippen LogP contribution in [0.15, 0.2) is 0 Å². The van der Waals surface area contributed by atoms with Gasteiger partial charge in [-0.25, -0.2) is 0 Å².